The molecule has 0 spiro atoms. The Morgan fingerprint density at radius 3 is 2.57 bits per heavy atom. The largest absolute Gasteiger partial charge is 0.507 e. The van der Waals surface area contributed by atoms with Gasteiger partial charge in [-0.15, -0.1) is 0 Å². The van der Waals surface area contributed by atoms with Gasteiger partial charge in [-0.05, 0) is 30.9 Å². The van der Waals surface area contributed by atoms with Gasteiger partial charge in [0.05, 0.1) is 0 Å². The summed E-state index contributed by atoms with van der Waals surface area (Å²) in [7, 11) is 0. The van der Waals surface area contributed by atoms with Gasteiger partial charge in [0.2, 0.25) is 5.91 Å². The van der Waals surface area contributed by atoms with Crippen molar-refractivity contribution in [1.82, 2.24) is 0 Å². The fraction of sp³-hybridized carbons (Fsp3) is 0.389. The summed E-state index contributed by atoms with van der Waals surface area (Å²) in [5.74, 6) is 0.857. The van der Waals surface area contributed by atoms with E-state index < -0.39 is 0 Å². The molecule has 0 aliphatic heterocycles. The van der Waals surface area contributed by atoms with Gasteiger partial charge in [-0.3, -0.25) is 4.79 Å². The van der Waals surface area contributed by atoms with Crippen LogP contribution in [0.5, 0.6) is 5.75 Å². The number of hydrogen-bond donors (Lipinski definition) is 2. The van der Waals surface area contributed by atoms with E-state index in [0.717, 1.165) is 16.5 Å². The number of aromatic hydroxyl groups is 1. The van der Waals surface area contributed by atoms with E-state index in [1.54, 1.807) is 12.1 Å². The van der Waals surface area contributed by atoms with Crippen LogP contribution in [0.15, 0.2) is 36.4 Å². The van der Waals surface area contributed by atoms with Crippen LogP contribution in [0.2, 0.25) is 0 Å². The molecule has 0 bridgehead atoms. The first-order valence-electron chi connectivity index (χ1n) is 7.74. The Bertz CT molecular complexity index is 645. The average molecular weight is 283 g/mol. The highest BCUT2D eigenvalue weighted by molar-refractivity contribution is 6.03. The third kappa shape index (κ3) is 3.18. The van der Waals surface area contributed by atoms with Gasteiger partial charge in [-0.2, -0.15) is 0 Å². The third-order valence-electron chi connectivity index (χ3n) is 4.37. The predicted octanol–water partition coefficient (Wildman–Crippen LogP) is 4.45. The van der Waals surface area contributed by atoms with Crippen molar-refractivity contribution in [3.8, 4) is 5.75 Å². The SMILES string of the molecule is O=C(CC1CCCCC1)Nc1cccc2c(O)cccc12. The van der Waals surface area contributed by atoms with Gasteiger partial charge in [0.1, 0.15) is 5.75 Å². The first-order valence-corrected chi connectivity index (χ1v) is 7.74. The molecule has 1 aliphatic carbocycles. The number of hydrogen-bond acceptors (Lipinski definition) is 2. The number of benzene rings is 2. The van der Waals surface area contributed by atoms with Gasteiger partial charge in [0.25, 0.3) is 0 Å². The van der Waals surface area contributed by atoms with E-state index in [2.05, 4.69) is 5.32 Å². The smallest absolute Gasteiger partial charge is 0.224 e. The number of rotatable bonds is 3. The van der Waals surface area contributed by atoms with Crippen molar-refractivity contribution in [1.29, 1.82) is 0 Å². The van der Waals surface area contributed by atoms with Crippen LogP contribution in [-0.4, -0.2) is 11.0 Å². The minimum atomic E-state index is 0.0812. The Morgan fingerprint density at radius 2 is 1.76 bits per heavy atom. The minimum absolute atomic E-state index is 0.0812. The molecule has 1 fully saturated rings. The normalized spacial score (nSPS) is 16.0. The maximum atomic E-state index is 12.2. The van der Waals surface area contributed by atoms with Gasteiger partial charge in [-0.1, -0.05) is 43.5 Å². The highest BCUT2D eigenvalue weighted by atomic mass is 16.3. The molecule has 0 radical (unpaired) electrons. The third-order valence-corrected chi connectivity index (χ3v) is 4.37. The Kier molecular flexibility index (Phi) is 4.09. The van der Waals surface area contributed by atoms with Crippen LogP contribution in [0.25, 0.3) is 10.8 Å². The molecule has 0 aromatic heterocycles. The Balaban J connectivity index is 1.75. The topological polar surface area (TPSA) is 49.3 Å². The molecule has 1 amide bonds. The van der Waals surface area contributed by atoms with E-state index >= 15 is 0 Å². The first-order chi connectivity index (χ1) is 10.2. The second kappa shape index (κ2) is 6.17. The van der Waals surface area contributed by atoms with E-state index in [4.69, 9.17) is 0 Å². The maximum Gasteiger partial charge on any atom is 0.224 e. The second-order valence-electron chi connectivity index (χ2n) is 5.93. The van der Waals surface area contributed by atoms with Gasteiger partial charge >= 0.3 is 0 Å². The van der Waals surface area contributed by atoms with E-state index in [-0.39, 0.29) is 11.7 Å². The number of carbonyl (C=O) groups is 1. The summed E-state index contributed by atoms with van der Waals surface area (Å²) in [4.78, 5) is 12.2. The molecule has 0 saturated heterocycles. The highest BCUT2D eigenvalue weighted by Crippen LogP contribution is 2.31. The summed E-state index contributed by atoms with van der Waals surface area (Å²) >= 11 is 0. The van der Waals surface area contributed by atoms with Crippen molar-refractivity contribution in [2.45, 2.75) is 38.5 Å². The lowest BCUT2D eigenvalue weighted by Crippen LogP contribution is -2.18. The van der Waals surface area contributed by atoms with Crippen LogP contribution in [0.3, 0.4) is 0 Å². The zero-order valence-electron chi connectivity index (χ0n) is 12.1. The minimum Gasteiger partial charge on any atom is -0.507 e. The molecule has 1 saturated carbocycles. The lowest BCUT2D eigenvalue weighted by Gasteiger charge is -2.21. The summed E-state index contributed by atoms with van der Waals surface area (Å²) in [5, 5.41) is 14.5. The zero-order chi connectivity index (χ0) is 14.7. The van der Waals surface area contributed by atoms with Crippen LogP contribution < -0.4 is 5.32 Å². The molecule has 3 heteroatoms. The summed E-state index contributed by atoms with van der Waals surface area (Å²) in [5.41, 5.74) is 0.782. The summed E-state index contributed by atoms with van der Waals surface area (Å²) in [6, 6.07) is 11.0. The maximum absolute atomic E-state index is 12.2. The number of phenolic OH excluding ortho intramolecular Hbond substituents is 1. The summed E-state index contributed by atoms with van der Waals surface area (Å²) < 4.78 is 0. The van der Waals surface area contributed by atoms with E-state index in [1.807, 2.05) is 24.3 Å². The molecule has 2 N–H and O–H groups in total. The Hall–Kier alpha value is -2.03. The van der Waals surface area contributed by atoms with Crippen molar-refractivity contribution in [2.24, 2.45) is 5.92 Å². The van der Waals surface area contributed by atoms with Crippen molar-refractivity contribution in [3.63, 3.8) is 0 Å². The van der Waals surface area contributed by atoms with E-state index in [0.29, 0.717) is 12.3 Å². The van der Waals surface area contributed by atoms with Crippen molar-refractivity contribution >= 4 is 22.4 Å². The molecule has 0 unspecified atom stereocenters. The number of carbonyl (C=O) groups excluding carboxylic acids is 1. The standard InChI is InChI=1S/C18H21NO2/c20-17-11-5-8-14-15(17)9-4-10-16(14)19-18(21)12-13-6-2-1-3-7-13/h4-5,8-11,13,20H,1-3,6-7,12H2,(H,19,21). The highest BCUT2D eigenvalue weighted by Gasteiger charge is 2.17. The fourth-order valence-electron chi connectivity index (χ4n) is 3.26. The molecule has 110 valence electrons. The Labute approximate surface area is 125 Å². The monoisotopic (exact) mass is 283 g/mol. The lowest BCUT2D eigenvalue weighted by atomic mass is 9.87. The van der Waals surface area contributed by atoms with E-state index in [1.165, 1.54) is 32.1 Å². The van der Waals surface area contributed by atoms with Crippen LogP contribution in [0, 0.1) is 5.92 Å². The van der Waals surface area contributed by atoms with Gasteiger partial charge in [0, 0.05) is 22.9 Å². The van der Waals surface area contributed by atoms with Crippen LogP contribution in [-0.2, 0) is 4.79 Å². The first kappa shape index (κ1) is 13.9. The molecule has 0 heterocycles. The molecule has 21 heavy (non-hydrogen) atoms. The Morgan fingerprint density at radius 1 is 1.05 bits per heavy atom. The van der Waals surface area contributed by atoms with Gasteiger partial charge < -0.3 is 10.4 Å². The predicted molar refractivity (Wildman–Crippen MR) is 85.4 cm³/mol. The number of anilines is 1. The molecule has 2 aromatic rings. The summed E-state index contributed by atoms with van der Waals surface area (Å²) in [6.45, 7) is 0. The van der Waals surface area contributed by atoms with E-state index in [9.17, 15) is 9.90 Å². The van der Waals surface area contributed by atoms with Crippen molar-refractivity contribution in [2.75, 3.05) is 5.32 Å². The molecule has 2 aromatic carbocycles. The van der Waals surface area contributed by atoms with Gasteiger partial charge in [-0.25, -0.2) is 0 Å². The summed E-state index contributed by atoms with van der Waals surface area (Å²) in [6.07, 6.45) is 6.75. The second-order valence-corrected chi connectivity index (χ2v) is 5.93. The molecule has 3 rings (SSSR count). The quantitative estimate of drug-likeness (QED) is 0.874. The average Bonchev–Trinajstić information content (AvgIpc) is 2.49. The molecular weight excluding hydrogens is 262 g/mol. The number of amides is 1. The van der Waals surface area contributed by atoms with Crippen molar-refractivity contribution < 1.29 is 9.90 Å². The van der Waals surface area contributed by atoms with Crippen LogP contribution >= 0.6 is 0 Å². The molecule has 3 nitrogen and oxygen atoms in total. The van der Waals surface area contributed by atoms with Crippen LogP contribution in [0.1, 0.15) is 38.5 Å². The number of fused-ring (bicyclic) bond motifs is 1. The number of nitrogens with one attached hydrogen (secondary N) is 1. The lowest BCUT2D eigenvalue weighted by molar-refractivity contribution is -0.117. The fourth-order valence-corrected chi connectivity index (χ4v) is 3.26. The molecule has 0 atom stereocenters. The zero-order valence-corrected chi connectivity index (χ0v) is 12.1. The van der Waals surface area contributed by atoms with Crippen LogP contribution in [0.4, 0.5) is 5.69 Å². The van der Waals surface area contributed by atoms with Crippen molar-refractivity contribution in [3.05, 3.63) is 36.4 Å². The van der Waals surface area contributed by atoms with Gasteiger partial charge in [0.15, 0.2) is 0 Å². The molecule has 1 aliphatic rings. The number of phenols is 1. The molecular formula is C18H21NO2.